The average molecular weight is 268 g/mol. The highest BCUT2D eigenvalue weighted by Crippen LogP contribution is 2.53. The molecule has 2 rings (SSSR count). The van der Waals surface area contributed by atoms with Gasteiger partial charge < -0.3 is 5.73 Å². The van der Waals surface area contributed by atoms with E-state index < -0.39 is 32.4 Å². The van der Waals surface area contributed by atoms with E-state index in [0.29, 0.717) is 5.56 Å². The van der Waals surface area contributed by atoms with Crippen LogP contribution in [0.3, 0.4) is 0 Å². The molecule has 0 unspecified atom stereocenters. The number of sulfone groups is 1. The number of nitrogens with zero attached hydrogens (tertiary/aromatic N) is 1. The Morgan fingerprint density at radius 3 is 2.72 bits per heavy atom. The molecule has 96 valence electrons. The second-order valence-electron chi connectivity index (χ2n) is 4.45. The topological polar surface area (TPSA) is 83.9 Å². The molecular formula is C12H13FN2O2S. The molecule has 0 amide bonds. The van der Waals surface area contributed by atoms with Crippen molar-refractivity contribution in [1.82, 2.24) is 0 Å². The minimum absolute atomic E-state index is 0.0793. The third-order valence-electron chi connectivity index (χ3n) is 3.37. The predicted molar refractivity (Wildman–Crippen MR) is 64.9 cm³/mol. The normalized spacial score (nSPS) is 30.8. The van der Waals surface area contributed by atoms with Crippen molar-refractivity contribution in [2.75, 3.05) is 5.75 Å². The second kappa shape index (κ2) is 4.04. The van der Waals surface area contributed by atoms with E-state index in [4.69, 9.17) is 11.0 Å². The molecule has 0 spiro atoms. The Balaban J connectivity index is 2.45. The van der Waals surface area contributed by atoms with Gasteiger partial charge in [0.2, 0.25) is 0 Å². The van der Waals surface area contributed by atoms with Gasteiger partial charge in [-0.15, -0.1) is 0 Å². The van der Waals surface area contributed by atoms with E-state index in [1.54, 1.807) is 6.07 Å². The lowest BCUT2D eigenvalue weighted by Gasteiger charge is -2.00. The van der Waals surface area contributed by atoms with Crippen LogP contribution in [0.25, 0.3) is 0 Å². The maximum Gasteiger partial charge on any atom is 0.156 e. The van der Waals surface area contributed by atoms with Crippen LogP contribution in [0.2, 0.25) is 0 Å². The van der Waals surface area contributed by atoms with Crippen molar-refractivity contribution in [2.24, 2.45) is 5.73 Å². The Morgan fingerprint density at radius 2 is 2.22 bits per heavy atom. The van der Waals surface area contributed by atoms with Gasteiger partial charge in [0, 0.05) is 11.7 Å². The van der Waals surface area contributed by atoms with Crippen LogP contribution in [-0.2, 0) is 9.84 Å². The summed E-state index contributed by atoms with van der Waals surface area (Å²) < 4.78 is 36.9. The fraction of sp³-hybridized carbons (Fsp3) is 0.417. The van der Waals surface area contributed by atoms with Gasteiger partial charge in [-0.2, -0.15) is 5.26 Å². The Labute approximate surface area is 105 Å². The van der Waals surface area contributed by atoms with Crippen molar-refractivity contribution in [3.63, 3.8) is 0 Å². The van der Waals surface area contributed by atoms with Gasteiger partial charge in [-0.1, -0.05) is 19.1 Å². The van der Waals surface area contributed by atoms with Gasteiger partial charge >= 0.3 is 0 Å². The lowest BCUT2D eigenvalue weighted by molar-refractivity contribution is 0.593. The molecule has 1 fully saturated rings. The summed E-state index contributed by atoms with van der Waals surface area (Å²) in [6.07, 6.45) is 0. The van der Waals surface area contributed by atoms with Gasteiger partial charge in [-0.25, -0.2) is 12.8 Å². The number of nitriles is 1. The van der Waals surface area contributed by atoms with Gasteiger partial charge in [-0.05, 0) is 17.7 Å². The maximum atomic E-state index is 13.1. The van der Waals surface area contributed by atoms with E-state index in [0.717, 1.165) is 0 Å². The molecular weight excluding hydrogens is 255 g/mol. The van der Waals surface area contributed by atoms with E-state index in [1.807, 2.05) is 6.07 Å². The molecule has 0 saturated heterocycles. The van der Waals surface area contributed by atoms with E-state index in [2.05, 4.69) is 0 Å². The zero-order chi connectivity index (χ0) is 13.6. The number of halogens is 1. The lowest BCUT2D eigenvalue weighted by atomic mass is 10.1. The minimum atomic E-state index is -3.42. The number of hydrogen-bond donors (Lipinski definition) is 1. The zero-order valence-corrected chi connectivity index (χ0v) is 10.6. The highest BCUT2D eigenvalue weighted by atomic mass is 32.2. The summed E-state index contributed by atoms with van der Waals surface area (Å²) in [7, 11) is -3.42. The molecule has 0 bridgehead atoms. The molecule has 0 aliphatic heterocycles. The molecule has 1 aromatic rings. The first-order valence-electron chi connectivity index (χ1n) is 5.54. The first-order chi connectivity index (χ1) is 8.36. The molecule has 3 atom stereocenters. The van der Waals surface area contributed by atoms with Crippen LogP contribution in [0.4, 0.5) is 4.39 Å². The summed E-state index contributed by atoms with van der Waals surface area (Å²) in [6, 6.07) is 7.42. The fourth-order valence-corrected chi connectivity index (χ4v) is 4.21. The monoisotopic (exact) mass is 268 g/mol. The summed E-state index contributed by atoms with van der Waals surface area (Å²) in [6.45, 7) is 1.51. The molecule has 0 aromatic heterocycles. The smallest absolute Gasteiger partial charge is 0.156 e. The van der Waals surface area contributed by atoms with Gasteiger partial charge in [0.15, 0.2) is 9.84 Å². The van der Waals surface area contributed by atoms with Crippen molar-refractivity contribution in [1.29, 1.82) is 5.26 Å². The number of hydrogen-bond acceptors (Lipinski definition) is 4. The van der Waals surface area contributed by atoms with Gasteiger partial charge in [0.1, 0.15) is 16.6 Å². The quantitative estimate of drug-likeness (QED) is 0.884. The van der Waals surface area contributed by atoms with Crippen LogP contribution >= 0.6 is 0 Å². The summed E-state index contributed by atoms with van der Waals surface area (Å²) in [5.74, 6) is -1.19. The number of nitrogens with two attached hydrogens (primary N) is 1. The molecule has 0 heterocycles. The van der Waals surface area contributed by atoms with E-state index in [1.165, 1.54) is 25.1 Å². The van der Waals surface area contributed by atoms with E-state index in [9.17, 15) is 12.8 Å². The Kier molecular flexibility index (Phi) is 2.92. The summed E-state index contributed by atoms with van der Waals surface area (Å²) in [5.41, 5.74) is 4.83. The van der Waals surface area contributed by atoms with Crippen LogP contribution in [0.1, 0.15) is 18.4 Å². The average Bonchev–Trinajstić information content (AvgIpc) is 2.98. The summed E-state index contributed by atoms with van der Waals surface area (Å²) >= 11 is 0. The van der Waals surface area contributed by atoms with Gasteiger partial charge in [0.05, 0.1) is 6.07 Å². The molecule has 6 heteroatoms. The lowest BCUT2D eigenvalue weighted by Crippen LogP contribution is -2.29. The van der Waals surface area contributed by atoms with Crippen LogP contribution < -0.4 is 5.73 Å². The van der Waals surface area contributed by atoms with E-state index >= 15 is 0 Å². The Morgan fingerprint density at radius 1 is 1.56 bits per heavy atom. The minimum Gasteiger partial charge on any atom is -0.312 e. The molecule has 18 heavy (non-hydrogen) atoms. The highest BCUT2D eigenvalue weighted by Gasteiger charge is 2.69. The van der Waals surface area contributed by atoms with E-state index in [-0.39, 0.29) is 5.75 Å². The van der Waals surface area contributed by atoms with Gasteiger partial charge in [0.25, 0.3) is 0 Å². The first kappa shape index (κ1) is 13.0. The Bertz CT molecular complexity index is 623. The largest absolute Gasteiger partial charge is 0.312 e. The standard InChI is InChI=1S/C12H13FN2O2S/c1-2-18(16,17)11-10(12(11,15)7-14)8-4-3-5-9(13)6-8/h3-6,10-11H,2,15H2,1H3/t10-,11+,12-/m0/s1. The molecule has 1 saturated carbocycles. The van der Waals surface area contributed by atoms with Crippen LogP contribution in [-0.4, -0.2) is 25.0 Å². The predicted octanol–water partition coefficient (Wildman–Crippen LogP) is 0.947. The van der Waals surface area contributed by atoms with Crippen molar-refractivity contribution in [2.45, 2.75) is 23.6 Å². The van der Waals surface area contributed by atoms with Crippen molar-refractivity contribution < 1.29 is 12.8 Å². The number of benzene rings is 1. The highest BCUT2D eigenvalue weighted by molar-refractivity contribution is 7.92. The molecule has 1 aromatic carbocycles. The van der Waals surface area contributed by atoms with Gasteiger partial charge in [-0.3, -0.25) is 0 Å². The second-order valence-corrected chi connectivity index (χ2v) is 6.86. The third kappa shape index (κ3) is 1.80. The molecule has 0 radical (unpaired) electrons. The third-order valence-corrected chi connectivity index (χ3v) is 5.61. The zero-order valence-electron chi connectivity index (χ0n) is 9.80. The molecule has 4 nitrogen and oxygen atoms in total. The van der Waals surface area contributed by atoms with Crippen molar-refractivity contribution in [3.8, 4) is 6.07 Å². The summed E-state index contributed by atoms with van der Waals surface area (Å²) in [4.78, 5) is 0. The van der Waals surface area contributed by atoms with Crippen LogP contribution in [0, 0.1) is 17.1 Å². The van der Waals surface area contributed by atoms with Crippen LogP contribution in [0.5, 0.6) is 0 Å². The first-order valence-corrected chi connectivity index (χ1v) is 7.25. The maximum absolute atomic E-state index is 13.1. The summed E-state index contributed by atoms with van der Waals surface area (Å²) in [5, 5.41) is 8.12. The SMILES string of the molecule is CCS(=O)(=O)[C@@H]1[C@H](c2cccc(F)c2)[C@@]1(N)C#N. The fourth-order valence-electron chi connectivity index (χ4n) is 2.34. The van der Waals surface area contributed by atoms with Crippen LogP contribution in [0.15, 0.2) is 24.3 Å². The van der Waals surface area contributed by atoms with Crippen molar-refractivity contribution >= 4 is 9.84 Å². The molecule has 1 aliphatic rings. The molecule has 1 aliphatic carbocycles. The Hall–Kier alpha value is -1.45. The number of rotatable bonds is 3. The van der Waals surface area contributed by atoms with Crippen molar-refractivity contribution in [3.05, 3.63) is 35.6 Å². The molecule has 2 N–H and O–H groups in total.